The van der Waals surface area contributed by atoms with E-state index >= 15 is 0 Å². The van der Waals surface area contributed by atoms with E-state index in [1.165, 1.54) is 11.3 Å². The second-order valence-corrected chi connectivity index (χ2v) is 7.05. The molecule has 1 atom stereocenters. The summed E-state index contributed by atoms with van der Waals surface area (Å²) in [5, 5.41) is 12.4. The summed E-state index contributed by atoms with van der Waals surface area (Å²) < 4.78 is 2.15. The van der Waals surface area contributed by atoms with Gasteiger partial charge in [-0.2, -0.15) is 16.4 Å². The molecular formula is C18H21N5S. The maximum atomic E-state index is 4.50. The van der Waals surface area contributed by atoms with E-state index in [0.717, 1.165) is 38.5 Å². The van der Waals surface area contributed by atoms with Crippen molar-refractivity contribution >= 4 is 17.2 Å². The van der Waals surface area contributed by atoms with Gasteiger partial charge in [-0.1, -0.05) is 6.07 Å². The quantitative estimate of drug-likeness (QED) is 0.776. The molecule has 0 saturated heterocycles. The Kier molecular flexibility index (Phi) is 4.57. The molecule has 1 aliphatic rings. The Morgan fingerprint density at radius 2 is 2.17 bits per heavy atom. The summed E-state index contributed by atoms with van der Waals surface area (Å²) in [7, 11) is 0. The predicted molar refractivity (Wildman–Crippen MR) is 96.9 cm³/mol. The lowest BCUT2D eigenvalue weighted by atomic mass is 10.1. The highest BCUT2D eigenvalue weighted by Gasteiger charge is 2.22. The van der Waals surface area contributed by atoms with Crippen LogP contribution in [0.3, 0.4) is 0 Å². The first-order chi connectivity index (χ1) is 11.9. The normalized spacial score (nSPS) is 18.1. The Balaban J connectivity index is 1.46. The molecule has 4 rings (SSSR count). The Hall–Kier alpha value is -2.18. The van der Waals surface area contributed by atoms with Crippen molar-refractivity contribution in [2.45, 2.75) is 19.6 Å². The fourth-order valence-electron chi connectivity index (χ4n) is 3.23. The summed E-state index contributed by atoms with van der Waals surface area (Å²) in [5.74, 6) is 1.43. The Labute approximate surface area is 146 Å². The average Bonchev–Trinajstić information content (AvgIpc) is 3.23. The van der Waals surface area contributed by atoms with Gasteiger partial charge in [0.15, 0.2) is 0 Å². The molecule has 0 fully saturated rings. The third-order valence-electron chi connectivity index (χ3n) is 4.36. The number of anilines is 1. The van der Waals surface area contributed by atoms with Gasteiger partial charge in [-0.3, -0.25) is 9.58 Å². The minimum atomic E-state index is 0.492. The fraction of sp³-hybridized carbons (Fsp3) is 0.333. The van der Waals surface area contributed by atoms with Crippen LogP contribution in [0, 0.1) is 5.92 Å². The van der Waals surface area contributed by atoms with E-state index in [2.05, 4.69) is 47.9 Å². The lowest BCUT2D eigenvalue weighted by Gasteiger charge is -2.23. The number of nitrogens with one attached hydrogen (secondary N) is 1. The van der Waals surface area contributed by atoms with Crippen LogP contribution in [0.15, 0.2) is 53.5 Å². The number of hydrogen-bond acceptors (Lipinski definition) is 5. The average molecular weight is 339 g/mol. The van der Waals surface area contributed by atoms with E-state index in [9.17, 15) is 0 Å². The second kappa shape index (κ2) is 7.15. The van der Waals surface area contributed by atoms with Gasteiger partial charge in [0.05, 0.1) is 5.69 Å². The Morgan fingerprint density at radius 1 is 1.17 bits per heavy atom. The zero-order chi connectivity index (χ0) is 16.2. The lowest BCUT2D eigenvalue weighted by Crippen LogP contribution is -2.31. The fourth-order valence-corrected chi connectivity index (χ4v) is 3.89. The van der Waals surface area contributed by atoms with Crippen molar-refractivity contribution in [3.8, 4) is 0 Å². The number of hydrogen-bond donors (Lipinski definition) is 1. The predicted octanol–water partition coefficient (Wildman–Crippen LogP) is 3.08. The van der Waals surface area contributed by atoms with Crippen molar-refractivity contribution in [2.24, 2.45) is 5.92 Å². The maximum Gasteiger partial charge on any atom is 0.125 e. The summed E-state index contributed by atoms with van der Waals surface area (Å²) in [5.41, 5.74) is 2.69. The number of fused-ring (bicyclic) bond motifs is 1. The van der Waals surface area contributed by atoms with Crippen LogP contribution in [0.25, 0.3) is 0 Å². The number of pyridine rings is 1. The Morgan fingerprint density at radius 3 is 3.00 bits per heavy atom. The molecular weight excluding hydrogens is 318 g/mol. The largest absolute Gasteiger partial charge is 0.370 e. The van der Waals surface area contributed by atoms with Gasteiger partial charge in [0, 0.05) is 51.0 Å². The number of nitrogens with zero attached hydrogens (tertiary/aromatic N) is 4. The van der Waals surface area contributed by atoms with Gasteiger partial charge >= 0.3 is 0 Å². The Bertz CT molecular complexity index is 753. The summed E-state index contributed by atoms with van der Waals surface area (Å²) in [6, 6.07) is 10.3. The first kappa shape index (κ1) is 15.4. The monoisotopic (exact) mass is 339 g/mol. The van der Waals surface area contributed by atoms with Gasteiger partial charge < -0.3 is 5.32 Å². The van der Waals surface area contributed by atoms with Gasteiger partial charge in [-0.15, -0.1) is 0 Å². The molecule has 0 bridgehead atoms. The molecule has 0 spiro atoms. The summed E-state index contributed by atoms with van der Waals surface area (Å²) in [4.78, 5) is 6.88. The van der Waals surface area contributed by atoms with E-state index < -0.39 is 0 Å². The first-order valence-corrected chi connectivity index (χ1v) is 9.20. The molecule has 5 nitrogen and oxygen atoms in total. The van der Waals surface area contributed by atoms with Crippen LogP contribution in [0.4, 0.5) is 5.82 Å². The second-order valence-electron chi connectivity index (χ2n) is 6.27. The van der Waals surface area contributed by atoms with Crippen LogP contribution in [0.5, 0.6) is 0 Å². The third kappa shape index (κ3) is 3.66. The smallest absolute Gasteiger partial charge is 0.125 e. The van der Waals surface area contributed by atoms with Gasteiger partial charge in [-0.25, -0.2) is 4.98 Å². The molecule has 3 aromatic rings. The molecule has 0 aliphatic carbocycles. The molecule has 0 aromatic carbocycles. The standard InChI is InChI=1S/C18H21N5S/c1-2-6-19-18(3-1)20-9-16-11-22(10-15-5-8-24-14-15)13-17-4-7-21-23(17)12-16/h1-8,14,16H,9-13H2,(H,19,20)/t16-/m0/s1. The third-order valence-corrected chi connectivity index (χ3v) is 5.09. The molecule has 0 saturated carbocycles. The van der Waals surface area contributed by atoms with E-state index in [1.807, 2.05) is 30.6 Å². The van der Waals surface area contributed by atoms with E-state index in [4.69, 9.17) is 0 Å². The van der Waals surface area contributed by atoms with Crippen molar-refractivity contribution in [1.82, 2.24) is 19.7 Å². The van der Waals surface area contributed by atoms with Crippen molar-refractivity contribution < 1.29 is 0 Å². The topological polar surface area (TPSA) is 46.0 Å². The minimum absolute atomic E-state index is 0.492. The summed E-state index contributed by atoms with van der Waals surface area (Å²) >= 11 is 1.76. The molecule has 3 aromatic heterocycles. The molecule has 124 valence electrons. The molecule has 0 unspecified atom stereocenters. The van der Waals surface area contributed by atoms with E-state index in [-0.39, 0.29) is 0 Å². The minimum Gasteiger partial charge on any atom is -0.370 e. The number of rotatable bonds is 5. The zero-order valence-electron chi connectivity index (χ0n) is 13.5. The van der Waals surface area contributed by atoms with Gasteiger partial charge in [0.2, 0.25) is 0 Å². The zero-order valence-corrected chi connectivity index (χ0v) is 14.3. The summed E-state index contributed by atoms with van der Waals surface area (Å²) in [6.07, 6.45) is 3.73. The van der Waals surface area contributed by atoms with Crippen LogP contribution < -0.4 is 5.32 Å². The molecule has 0 radical (unpaired) electrons. The molecule has 1 aliphatic heterocycles. The van der Waals surface area contributed by atoms with Gasteiger partial charge in [0.25, 0.3) is 0 Å². The molecule has 0 amide bonds. The van der Waals surface area contributed by atoms with E-state index in [0.29, 0.717) is 5.92 Å². The maximum absolute atomic E-state index is 4.50. The molecule has 1 N–H and O–H groups in total. The highest BCUT2D eigenvalue weighted by molar-refractivity contribution is 7.07. The molecule has 4 heterocycles. The van der Waals surface area contributed by atoms with Crippen molar-refractivity contribution in [2.75, 3.05) is 18.4 Å². The van der Waals surface area contributed by atoms with Crippen LogP contribution in [0.1, 0.15) is 11.3 Å². The highest BCUT2D eigenvalue weighted by Crippen LogP contribution is 2.19. The first-order valence-electron chi connectivity index (χ1n) is 8.26. The lowest BCUT2D eigenvalue weighted by molar-refractivity contribution is 0.226. The van der Waals surface area contributed by atoms with E-state index in [1.54, 1.807) is 11.3 Å². The summed E-state index contributed by atoms with van der Waals surface area (Å²) in [6.45, 7) is 4.85. The van der Waals surface area contributed by atoms with Crippen LogP contribution >= 0.6 is 11.3 Å². The highest BCUT2D eigenvalue weighted by atomic mass is 32.1. The molecule has 6 heteroatoms. The van der Waals surface area contributed by atoms with Crippen molar-refractivity contribution in [3.05, 3.63) is 64.7 Å². The van der Waals surface area contributed by atoms with Crippen molar-refractivity contribution in [3.63, 3.8) is 0 Å². The molecule has 24 heavy (non-hydrogen) atoms. The van der Waals surface area contributed by atoms with Crippen LogP contribution in [0.2, 0.25) is 0 Å². The number of aromatic nitrogens is 3. The van der Waals surface area contributed by atoms with Crippen LogP contribution in [-0.2, 0) is 19.6 Å². The van der Waals surface area contributed by atoms with Gasteiger partial charge in [0.1, 0.15) is 5.82 Å². The van der Waals surface area contributed by atoms with Crippen molar-refractivity contribution in [1.29, 1.82) is 0 Å². The SMILES string of the molecule is c1ccc(NC[C@H]2CN(Cc3ccsc3)Cc3ccnn3C2)nc1. The van der Waals surface area contributed by atoms with Crippen LogP contribution in [-0.4, -0.2) is 32.8 Å². The number of thiophene rings is 1. The van der Waals surface area contributed by atoms with Gasteiger partial charge in [-0.05, 0) is 40.6 Å².